The van der Waals surface area contributed by atoms with E-state index in [4.69, 9.17) is 16.3 Å². The van der Waals surface area contributed by atoms with Crippen molar-refractivity contribution in [3.8, 4) is 12.3 Å². The lowest BCUT2D eigenvalue weighted by atomic mass is 9.94. The highest BCUT2D eigenvalue weighted by atomic mass is 19.2. The van der Waals surface area contributed by atoms with Gasteiger partial charge in [-0.05, 0) is 6.92 Å². The first-order valence-corrected chi connectivity index (χ1v) is 6.56. The van der Waals surface area contributed by atoms with E-state index in [0.717, 1.165) is 10.9 Å². The summed E-state index contributed by atoms with van der Waals surface area (Å²) in [5.74, 6) is -0.844. The molecule has 23 heavy (non-hydrogen) atoms. The van der Waals surface area contributed by atoms with Gasteiger partial charge in [-0.15, -0.1) is 6.42 Å². The highest BCUT2D eigenvalue weighted by Gasteiger charge is 2.64. The minimum atomic E-state index is -2.97. The van der Waals surface area contributed by atoms with Gasteiger partial charge in [0.1, 0.15) is 12.4 Å². The summed E-state index contributed by atoms with van der Waals surface area (Å²) in [5.41, 5.74) is -3.13. The summed E-state index contributed by atoms with van der Waals surface area (Å²) in [5, 5.41) is 29.5. The Hall–Kier alpha value is -2.32. The second-order valence-electron chi connectivity index (χ2n) is 5.26. The van der Waals surface area contributed by atoms with Crippen LogP contribution in [0.2, 0.25) is 0 Å². The van der Waals surface area contributed by atoms with Crippen molar-refractivity contribution in [3.63, 3.8) is 0 Å². The summed E-state index contributed by atoms with van der Waals surface area (Å²) in [4.78, 5) is 22.2. The number of hydrogen-bond donors (Lipinski definition) is 4. The van der Waals surface area contributed by atoms with E-state index in [1.807, 2.05) is 5.92 Å². The van der Waals surface area contributed by atoms with Gasteiger partial charge < -0.3 is 25.0 Å². The normalized spacial score (nSPS) is 33.9. The van der Waals surface area contributed by atoms with Gasteiger partial charge in [-0.2, -0.15) is 0 Å². The van der Waals surface area contributed by atoms with Crippen molar-refractivity contribution in [3.05, 3.63) is 22.5 Å². The second kappa shape index (κ2) is 4.84. The van der Waals surface area contributed by atoms with E-state index >= 15 is 0 Å². The molecular weight excluding hydrogens is 311 g/mol. The lowest BCUT2D eigenvalue weighted by Crippen LogP contribution is -2.49. The highest BCUT2D eigenvalue weighted by Crippen LogP contribution is 2.45. The number of alkyl halides is 1. The van der Waals surface area contributed by atoms with Crippen molar-refractivity contribution in [2.75, 3.05) is 6.61 Å². The van der Waals surface area contributed by atoms with Crippen molar-refractivity contribution in [2.24, 2.45) is 0 Å². The van der Waals surface area contributed by atoms with Crippen molar-refractivity contribution in [2.45, 2.75) is 30.7 Å². The molecule has 0 aromatic carbocycles. The number of terminal acetylenes is 1. The summed E-state index contributed by atoms with van der Waals surface area (Å²) in [7, 11) is 0. The van der Waals surface area contributed by atoms with Gasteiger partial charge in [0.25, 0.3) is 11.4 Å². The third kappa shape index (κ3) is 1.98. The lowest BCUT2D eigenvalue weighted by Gasteiger charge is -2.26. The number of nitrogens with one attached hydrogen (secondary N) is 1. The maximum atomic E-state index is 14.4. The number of ether oxygens (including phenoxy) is 1. The Kier molecular flexibility index (Phi) is 3.27. The SMILES string of the molecule is C#C[C@]1(O)[C@H](n2cnc3c(=O)[nH]c(C)nc32)O[C@](F)(CO)[C@H]1O. The Balaban J connectivity index is 2.22. The van der Waals surface area contributed by atoms with Crippen molar-refractivity contribution in [1.82, 2.24) is 19.5 Å². The lowest BCUT2D eigenvalue weighted by molar-refractivity contribution is -0.206. The molecule has 1 aliphatic heterocycles. The van der Waals surface area contributed by atoms with Gasteiger partial charge >= 0.3 is 0 Å². The van der Waals surface area contributed by atoms with E-state index in [1.54, 1.807) is 0 Å². The minimum Gasteiger partial charge on any atom is -0.390 e. The first-order chi connectivity index (χ1) is 10.8. The van der Waals surface area contributed by atoms with Crippen molar-refractivity contribution >= 4 is 11.2 Å². The molecule has 0 bridgehead atoms. The van der Waals surface area contributed by atoms with Gasteiger partial charge in [0.2, 0.25) is 5.60 Å². The van der Waals surface area contributed by atoms with Crippen LogP contribution in [0.15, 0.2) is 11.1 Å². The van der Waals surface area contributed by atoms with Crippen LogP contribution in [-0.2, 0) is 4.74 Å². The van der Waals surface area contributed by atoms with Crippen LogP contribution in [0.3, 0.4) is 0 Å². The van der Waals surface area contributed by atoms with Crippen LogP contribution in [0.1, 0.15) is 12.1 Å². The van der Waals surface area contributed by atoms with Crippen molar-refractivity contribution < 1.29 is 24.4 Å². The number of aryl methyl sites for hydroxylation is 1. The van der Waals surface area contributed by atoms with Gasteiger partial charge in [-0.25, -0.2) is 14.4 Å². The van der Waals surface area contributed by atoms with Gasteiger partial charge in [0, 0.05) is 0 Å². The molecule has 4 N–H and O–H groups in total. The molecule has 0 unspecified atom stereocenters. The molecule has 122 valence electrons. The van der Waals surface area contributed by atoms with E-state index in [2.05, 4.69) is 15.0 Å². The largest absolute Gasteiger partial charge is 0.390 e. The number of fused-ring (bicyclic) bond motifs is 1. The molecule has 4 atom stereocenters. The number of imidazole rings is 1. The Morgan fingerprint density at radius 2 is 2.35 bits per heavy atom. The van der Waals surface area contributed by atoms with Crippen LogP contribution in [-0.4, -0.2) is 59.0 Å². The number of halogens is 1. The summed E-state index contributed by atoms with van der Waals surface area (Å²) < 4.78 is 20.4. The molecule has 9 nitrogen and oxygen atoms in total. The van der Waals surface area contributed by atoms with E-state index < -0.39 is 36.0 Å². The Labute approximate surface area is 128 Å². The number of aromatic amines is 1. The number of nitrogens with zero attached hydrogens (tertiary/aromatic N) is 3. The predicted octanol–water partition coefficient (Wildman–Crippen LogP) is -1.66. The van der Waals surface area contributed by atoms with Crippen LogP contribution in [0.5, 0.6) is 0 Å². The molecule has 1 fully saturated rings. The molecule has 1 aliphatic rings. The second-order valence-corrected chi connectivity index (χ2v) is 5.26. The average Bonchev–Trinajstić information content (AvgIpc) is 3.01. The Morgan fingerprint density at radius 1 is 1.65 bits per heavy atom. The zero-order chi connectivity index (χ0) is 17.0. The predicted molar refractivity (Wildman–Crippen MR) is 73.7 cm³/mol. The van der Waals surface area contributed by atoms with E-state index in [0.29, 0.717) is 0 Å². The zero-order valence-electron chi connectivity index (χ0n) is 11.9. The smallest absolute Gasteiger partial charge is 0.279 e. The molecule has 10 heteroatoms. The Bertz CT molecular complexity index is 873. The first kappa shape index (κ1) is 15.6. The van der Waals surface area contributed by atoms with E-state index in [1.165, 1.54) is 6.92 Å². The maximum Gasteiger partial charge on any atom is 0.279 e. The van der Waals surface area contributed by atoms with Crippen molar-refractivity contribution in [1.29, 1.82) is 0 Å². The van der Waals surface area contributed by atoms with Crippen LogP contribution in [0.4, 0.5) is 4.39 Å². The molecule has 0 saturated carbocycles. The van der Waals surface area contributed by atoms with Gasteiger partial charge in [0.05, 0.1) is 6.33 Å². The van der Waals surface area contributed by atoms with E-state index in [-0.39, 0.29) is 17.0 Å². The van der Waals surface area contributed by atoms with Crippen LogP contribution < -0.4 is 5.56 Å². The van der Waals surface area contributed by atoms with Crippen LogP contribution in [0.25, 0.3) is 11.2 Å². The van der Waals surface area contributed by atoms with Gasteiger partial charge in [-0.1, -0.05) is 5.92 Å². The third-order valence-corrected chi connectivity index (χ3v) is 3.76. The molecular formula is C13H13FN4O5. The van der Waals surface area contributed by atoms with Crippen LogP contribution in [0, 0.1) is 19.3 Å². The molecule has 2 aromatic heterocycles. The molecule has 3 rings (SSSR count). The average molecular weight is 324 g/mol. The van der Waals surface area contributed by atoms with Gasteiger partial charge in [-0.3, -0.25) is 9.36 Å². The highest BCUT2D eigenvalue weighted by molar-refractivity contribution is 5.69. The third-order valence-electron chi connectivity index (χ3n) is 3.76. The number of aliphatic hydroxyl groups is 3. The fourth-order valence-corrected chi connectivity index (χ4v) is 2.55. The van der Waals surface area contributed by atoms with Crippen LogP contribution >= 0.6 is 0 Å². The molecule has 0 aliphatic carbocycles. The molecule has 0 radical (unpaired) electrons. The standard InChI is InChI=1S/C13H13FN4O5/c1-3-12(22)10(21)13(14,4-19)23-11(12)18-5-15-7-8(18)16-6(2)17-9(7)20/h1,5,10-11,19,21-22H,4H2,2H3,(H,16,17,20)/t10-,11+,12+,13+/m0/s1. The summed E-state index contributed by atoms with van der Waals surface area (Å²) >= 11 is 0. The number of H-pyrrole nitrogens is 1. The van der Waals surface area contributed by atoms with Gasteiger partial charge in [0.15, 0.2) is 23.5 Å². The molecule has 0 amide bonds. The quantitative estimate of drug-likeness (QED) is 0.486. The van der Waals surface area contributed by atoms with E-state index in [9.17, 15) is 19.4 Å². The fourth-order valence-electron chi connectivity index (χ4n) is 2.55. The Morgan fingerprint density at radius 3 is 2.96 bits per heavy atom. The molecule has 0 spiro atoms. The number of aliphatic hydroxyl groups excluding tert-OH is 2. The summed E-state index contributed by atoms with van der Waals surface area (Å²) in [6.45, 7) is 0.289. The summed E-state index contributed by atoms with van der Waals surface area (Å²) in [6.07, 6.45) is 2.45. The monoisotopic (exact) mass is 324 g/mol. The molecule has 3 heterocycles. The minimum absolute atomic E-state index is 0.0145. The first-order valence-electron chi connectivity index (χ1n) is 6.56. The number of rotatable bonds is 2. The molecule has 1 saturated heterocycles. The maximum absolute atomic E-state index is 14.4. The molecule has 2 aromatic rings. The fraction of sp³-hybridized carbons (Fsp3) is 0.462. The topological polar surface area (TPSA) is 133 Å². The zero-order valence-corrected chi connectivity index (χ0v) is 11.9. The summed E-state index contributed by atoms with van der Waals surface area (Å²) in [6, 6.07) is 0. The number of hydrogen-bond acceptors (Lipinski definition) is 7. The number of aromatic nitrogens is 4.